The lowest BCUT2D eigenvalue weighted by Gasteiger charge is -2.28. The second-order valence-corrected chi connectivity index (χ2v) is 3.61. The summed E-state index contributed by atoms with van der Waals surface area (Å²) in [5.74, 6) is 0.218. The summed E-state index contributed by atoms with van der Waals surface area (Å²) in [5, 5.41) is 0. The number of carbonyl (C=O) groups excluding carboxylic acids is 1. The highest BCUT2D eigenvalue weighted by Crippen LogP contribution is 2.18. The van der Waals surface area contributed by atoms with Crippen LogP contribution in [0.2, 0.25) is 0 Å². The third-order valence-corrected chi connectivity index (χ3v) is 2.72. The van der Waals surface area contributed by atoms with Crippen LogP contribution in [-0.4, -0.2) is 17.4 Å². The van der Waals surface area contributed by atoms with Crippen LogP contribution in [0.15, 0.2) is 24.2 Å². The number of amides is 1. The number of fused-ring (bicyclic) bond motifs is 1. The molecule has 0 spiro atoms. The molecule has 0 saturated carbocycles. The molecule has 1 aliphatic heterocycles. The largest absolute Gasteiger partial charge is 0.338 e. The Kier molecular flexibility index (Phi) is 2.20. The average Bonchev–Trinajstić information content (AvgIpc) is 2.27. The number of benzene rings is 1. The summed E-state index contributed by atoms with van der Waals surface area (Å²) in [6.45, 7) is 3.40. The number of rotatable bonds is 1. The maximum absolute atomic E-state index is 11.5. The molecule has 1 aromatic rings. The van der Waals surface area contributed by atoms with Crippen LogP contribution in [0.25, 0.3) is 0 Å². The molecule has 1 aliphatic rings. The SMILES string of the molecule is [2H]c1ccc2c(c1)CCN(C(=O)CC)C2. The first-order valence-electron chi connectivity index (χ1n) is 5.57. The Morgan fingerprint density at radius 3 is 3.21 bits per heavy atom. The second kappa shape index (κ2) is 3.82. The van der Waals surface area contributed by atoms with E-state index >= 15 is 0 Å². The Morgan fingerprint density at radius 1 is 1.57 bits per heavy atom. The first-order valence-corrected chi connectivity index (χ1v) is 5.07. The zero-order valence-corrected chi connectivity index (χ0v) is 8.42. The summed E-state index contributed by atoms with van der Waals surface area (Å²) in [6.07, 6.45) is 1.46. The van der Waals surface area contributed by atoms with Crippen molar-refractivity contribution in [3.8, 4) is 0 Å². The summed E-state index contributed by atoms with van der Waals surface area (Å²) in [7, 11) is 0. The van der Waals surface area contributed by atoms with Crippen molar-refractivity contribution in [1.82, 2.24) is 4.90 Å². The molecule has 1 amide bonds. The molecule has 2 nitrogen and oxygen atoms in total. The predicted molar refractivity (Wildman–Crippen MR) is 55.9 cm³/mol. The summed E-state index contributed by atoms with van der Waals surface area (Å²) >= 11 is 0. The highest BCUT2D eigenvalue weighted by Gasteiger charge is 2.18. The van der Waals surface area contributed by atoms with E-state index in [0.717, 1.165) is 13.0 Å². The fraction of sp³-hybridized carbons (Fsp3) is 0.417. The van der Waals surface area contributed by atoms with Crippen molar-refractivity contribution in [2.75, 3.05) is 6.54 Å². The summed E-state index contributed by atoms with van der Waals surface area (Å²) < 4.78 is 7.53. The van der Waals surface area contributed by atoms with Gasteiger partial charge in [-0.3, -0.25) is 4.79 Å². The van der Waals surface area contributed by atoms with E-state index in [4.69, 9.17) is 1.37 Å². The van der Waals surface area contributed by atoms with Crippen molar-refractivity contribution in [3.05, 3.63) is 35.4 Å². The van der Waals surface area contributed by atoms with Crippen molar-refractivity contribution in [2.24, 2.45) is 0 Å². The van der Waals surface area contributed by atoms with Crippen LogP contribution in [-0.2, 0) is 17.8 Å². The van der Waals surface area contributed by atoms with Gasteiger partial charge in [-0.05, 0) is 17.5 Å². The van der Waals surface area contributed by atoms with E-state index in [1.165, 1.54) is 11.1 Å². The lowest BCUT2D eigenvalue weighted by Crippen LogP contribution is -2.35. The van der Waals surface area contributed by atoms with Gasteiger partial charge in [-0.15, -0.1) is 0 Å². The molecule has 0 bridgehead atoms. The van der Waals surface area contributed by atoms with Crippen LogP contribution < -0.4 is 0 Å². The van der Waals surface area contributed by atoms with Gasteiger partial charge in [0, 0.05) is 19.5 Å². The molecule has 74 valence electrons. The van der Waals surface area contributed by atoms with Gasteiger partial charge in [0.25, 0.3) is 0 Å². The second-order valence-electron chi connectivity index (χ2n) is 3.61. The minimum absolute atomic E-state index is 0.218. The van der Waals surface area contributed by atoms with Crippen LogP contribution >= 0.6 is 0 Å². The van der Waals surface area contributed by atoms with Gasteiger partial charge in [-0.25, -0.2) is 0 Å². The van der Waals surface area contributed by atoms with E-state index < -0.39 is 0 Å². The van der Waals surface area contributed by atoms with Crippen molar-refractivity contribution < 1.29 is 6.17 Å². The third-order valence-electron chi connectivity index (χ3n) is 2.72. The van der Waals surface area contributed by atoms with E-state index in [-0.39, 0.29) is 5.91 Å². The third kappa shape index (κ3) is 1.65. The molecule has 1 heterocycles. The number of hydrogen-bond donors (Lipinski definition) is 0. The smallest absolute Gasteiger partial charge is 0.222 e. The predicted octanol–water partition coefficient (Wildman–Crippen LogP) is 1.98. The summed E-state index contributed by atoms with van der Waals surface area (Å²) in [4.78, 5) is 13.4. The fourth-order valence-corrected chi connectivity index (χ4v) is 1.86. The van der Waals surface area contributed by atoms with Crippen molar-refractivity contribution >= 4 is 5.91 Å². The molecular formula is C12H15NO. The van der Waals surface area contributed by atoms with Gasteiger partial charge < -0.3 is 4.90 Å². The molecule has 0 aromatic heterocycles. The molecule has 0 unspecified atom stereocenters. The van der Waals surface area contributed by atoms with Crippen molar-refractivity contribution in [3.63, 3.8) is 0 Å². The maximum atomic E-state index is 11.5. The van der Waals surface area contributed by atoms with Crippen LogP contribution in [0.1, 0.15) is 25.8 Å². The van der Waals surface area contributed by atoms with Crippen molar-refractivity contribution in [2.45, 2.75) is 26.3 Å². The number of hydrogen-bond acceptors (Lipinski definition) is 1. The van der Waals surface area contributed by atoms with E-state index in [0.29, 0.717) is 19.0 Å². The Bertz CT molecular complexity index is 389. The zero-order valence-electron chi connectivity index (χ0n) is 9.42. The number of nitrogens with zero attached hydrogens (tertiary/aromatic N) is 1. The van der Waals surface area contributed by atoms with Gasteiger partial charge in [0.15, 0.2) is 0 Å². The van der Waals surface area contributed by atoms with Gasteiger partial charge in [-0.1, -0.05) is 31.2 Å². The molecule has 1 aromatic carbocycles. The normalized spacial score (nSPS) is 16.1. The quantitative estimate of drug-likeness (QED) is 0.663. The monoisotopic (exact) mass is 190 g/mol. The van der Waals surface area contributed by atoms with Gasteiger partial charge in [0.2, 0.25) is 5.91 Å². The Labute approximate surface area is 85.9 Å². The minimum Gasteiger partial charge on any atom is -0.338 e. The topological polar surface area (TPSA) is 20.3 Å². The fourth-order valence-electron chi connectivity index (χ4n) is 1.86. The van der Waals surface area contributed by atoms with Gasteiger partial charge in [-0.2, -0.15) is 0 Å². The molecule has 0 radical (unpaired) electrons. The lowest BCUT2D eigenvalue weighted by molar-refractivity contribution is -0.131. The van der Waals surface area contributed by atoms with Crippen LogP contribution in [0.4, 0.5) is 0 Å². The molecule has 2 heteroatoms. The molecule has 0 fully saturated rings. The molecule has 0 aliphatic carbocycles. The van der Waals surface area contributed by atoms with Gasteiger partial charge >= 0.3 is 0 Å². The average molecular weight is 190 g/mol. The highest BCUT2D eigenvalue weighted by molar-refractivity contribution is 5.76. The first kappa shape index (κ1) is 8.04. The first-order chi connectivity index (χ1) is 7.20. The van der Waals surface area contributed by atoms with E-state index in [1.54, 1.807) is 6.07 Å². The van der Waals surface area contributed by atoms with Crippen LogP contribution in [0, 0.1) is 0 Å². The standard InChI is InChI=1S/C12H15NO/c1-2-12(14)13-8-7-10-5-3-4-6-11(10)9-13/h3-6H,2,7-9H2,1H3/i3D. The number of carbonyl (C=O) groups is 1. The minimum atomic E-state index is 0.218. The Morgan fingerprint density at radius 2 is 2.43 bits per heavy atom. The highest BCUT2D eigenvalue weighted by atomic mass is 16.2. The van der Waals surface area contributed by atoms with E-state index in [9.17, 15) is 4.79 Å². The van der Waals surface area contributed by atoms with Crippen molar-refractivity contribution in [1.29, 1.82) is 0 Å². The molecule has 0 atom stereocenters. The summed E-state index contributed by atoms with van der Waals surface area (Å²) in [5.41, 5.74) is 2.42. The van der Waals surface area contributed by atoms with Gasteiger partial charge in [0.05, 0.1) is 1.37 Å². The molecule has 14 heavy (non-hydrogen) atoms. The molecule has 2 rings (SSSR count). The molecule has 0 saturated heterocycles. The van der Waals surface area contributed by atoms with E-state index in [1.807, 2.05) is 24.0 Å². The lowest BCUT2D eigenvalue weighted by atomic mass is 10.00. The van der Waals surface area contributed by atoms with Crippen LogP contribution in [0.3, 0.4) is 0 Å². The van der Waals surface area contributed by atoms with Gasteiger partial charge in [0.1, 0.15) is 0 Å². The zero-order chi connectivity index (χ0) is 10.8. The summed E-state index contributed by atoms with van der Waals surface area (Å²) in [6, 6.07) is 6.22. The molecular weight excluding hydrogens is 174 g/mol. The maximum Gasteiger partial charge on any atom is 0.222 e. The van der Waals surface area contributed by atoms with Crippen LogP contribution in [0.5, 0.6) is 0 Å². The Hall–Kier alpha value is -1.31. The Balaban J connectivity index is 2.20. The van der Waals surface area contributed by atoms with E-state index in [2.05, 4.69) is 0 Å². The molecule has 0 N–H and O–H groups in total.